The summed E-state index contributed by atoms with van der Waals surface area (Å²) in [5, 5.41) is 3.45. The van der Waals surface area contributed by atoms with E-state index in [1.165, 1.54) is 69.0 Å². The van der Waals surface area contributed by atoms with Crippen LogP contribution in [0.5, 0.6) is 0 Å². The standard InChI is InChI=1S/C45H44N3OP/c1-30-26-34(28-35(27-30)45-47-43(31-16-7-4-8-17-31)46-44(48-45)32-18-9-5-10-19-32)42-39-23-12-6-11-22-37(39)41(38-24-13-14-25-40(38)42)33-20-15-21-36(29-33)50(2,3)49/h4,7,9,13-16,18-21,24-29H,5-6,8,10-12,17,22-23H2,1-3H3. The minimum absolute atomic E-state index is 0.720. The van der Waals surface area contributed by atoms with Crippen molar-refractivity contribution in [1.82, 2.24) is 15.0 Å². The van der Waals surface area contributed by atoms with E-state index in [4.69, 9.17) is 15.0 Å². The summed E-state index contributed by atoms with van der Waals surface area (Å²) in [5.74, 6) is 2.23. The second-order valence-corrected chi connectivity index (χ2v) is 17.6. The largest absolute Gasteiger partial charge is 0.319 e. The molecule has 8 rings (SSSR count). The zero-order chi connectivity index (χ0) is 34.2. The Morgan fingerprint density at radius 3 is 2.06 bits per heavy atom. The van der Waals surface area contributed by atoms with Crippen LogP contribution in [-0.2, 0) is 17.4 Å². The molecule has 1 heterocycles. The number of hydrogen-bond acceptors (Lipinski definition) is 4. The van der Waals surface area contributed by atoms with Gasteiger partial charge in [0.15, 0.2) is 17.5 Å². The molecule has 0 spiro atoms. The molecule has 50 heavy (non-hydrogen) atoms. The molecule has 0 saturated heterocycles. The maximum Gasteiger partial charge on any atom is 0.164 e. The zero-order valence-electron chi connectivity index (χ0n) is 29.4. The lowest BCUT2D eigenvalue weighted by atomic mass is 9.81. The SMILES string of the molecule is Cc1cc(-c2nc(C3=CCCC=C3)nc(C3=CC=CCC3)n2)cc(-c2c3c(c(-c4cccc(P(C)(C)=O)c4)c4ccccc24)CCCCC3)c1. The summed E-state index contributed by atoms with van der Waals surface area (Å²) in [6.45, 7) is 5.92. The summed E-state index contributed by atoms with van der Waals surface area (Å²) in [6, 6.07) is 24.3. The molecule has 0 fully saturated rings. The molecule has 5 heteroatoms. The zero-order valence-corrected chi connectivity index (χ0v) is 30.3. The molecule has 5 aromatic rings. The maximum absolute atomic E-state index is 13.2. The predicted molar refractivity (Wildman–Crippen MR) is 211 cm³/mol. The first-order valence-electron chi connectivity index (χ1n) is 18.2. The van der Waals surface area contributed by atoms with Gasteiger partial charge in [-0.05, 0) is 145 Å². The fraction of sp³-hybridized carbons (Fsp3) is 0.267. The third-order valence-electron chi connectivity index (χ3n) is 10.4. The van der Waals surface area contributed by atoms with E-state index in [9.17, 15) is 4.57 Å². The minimum atomic E-state index is -2.42. The fourth-order valence-corrected chi connectivity index (χ4v) is 8.83. The molecule has 0 atom stereocenters. The summed E-state index contributed by atoms with van der Waals surface area (Å²) in [5.41, 5.74) is 12.3. The summed E-state index contributed by atoms with van der Waals surface area (Å²) >= 11 is 0. The minimum Gasteiger partial charge on any atom is -0.319 e. The highest BCUT2D eigenvalue weighted by Crippen LogP contribution is 2.46. The molecule has 0 bridgehead atoms. The summed E-state index contributed by atoms with van der Waals surface area (Å²) in [7, 11) is -2.42. The van der Waals surface area contributed by atoms with Crippen molar-refractivity contribution in [2.24, 2.45) is 0 Å². The van der Waals surface area contributed by atoms with Crippen LogP contribution in [0, 0.1) is 6.92 Å². The average molecular weight is 674 g/mol. The first-order valence-corrected chi connectivity index (χ1v) is 20.8. The molecule has 0 aliphatic heterocycles. The lowest BCUT2D eigenvalue weighted by Gasteiger charge is -2.23. The van der Waals surface area contributed by atoms with E-state index in [2.05, 4.69) is 104 Å². The van der Waals surface area contributed by atoms with E-state index in [0.29, 0.717) is 0 Å². The van der Waals surface area contributed by atoms with Crippen LogP contribution >= 0.6 is 7.14 Å². The van der Waals surface area contributed by atoms with Gasteiger partial charge in [-0.1, -0.05) is 91.4 Å². The first-order chi connectivity index (χ1) is 24.3. The number of aromatic nitrogens is 3. The van der Waals surface area contributed by atoms with Gasteiger partial charge in [0, 0.05) is 16.4 Å². The molecule has 0 radical (unpaired) electrons. The Labute approximate surface area is 296 Å². The van der Waals surface area contributed by atoms with Crippen LogP contribution in [-0.4, -0.2) is 28.3 Å². The van der Waals surface area contributed by atoms with Crippen molar-refractivity contribution in [3.63, 3.8) is 0 Å². The maximum atomic E-state index is 13.2. The Bertz CT molecular complexity index is 2320. The van der Waals surface area contributed by atoms with Crippen LogP contribution in [0.4, 0.5) is 0 Å². The van der Waals surface area contributed by atoms with Gasteiger partial charge in [0.1, 0.15) is 7.14 Å². The van der Waals surface area contributed by atoms with Crippen molar-refractivity contribution in [1.29, 1.82) is 0 Å². The number of benzene rings is 4. The number of aryl methyl sites for hydroxylation is 1. The van der Waals surface area contributed by atoms with E-state index >= 15 is 0 Å². The van der Waals surface area contributed by atoms with Gasteiger partial charge in [0.25, 0.3) is 0 Å². The van der Waals surface area contributed by atoms with E-state index < -0.39 is 7.14 Å². The van der Waals surface area contributed by atoms with Crippen LogP contribution in [0.2, 0.25) is 0 Å². The van der Waals surface area contributed by atoms with Crippen LogP contribution in [0.1, 0.15) is 73.3 Å². The van der Waals surface area contributed by atoms with Gasteiger partial charge >= 0.3 is 0 Å². The third-order valence-corrected chi connectivity index (χ3v) is 11.9. The van der Waals surface area contributed by atoms with Crippen LogP contribution < -0.4 is 5.30 Å². The van der Waals surface area contributed by atoms with Gasteiger partial charge < -0.3 is 4.57 Å². The van der Waals surface area contributed by atoms with E-state index in [1.807, 2.05) is 19.4 Å². The smallest absolute Gasteiger partial charge is 0.164 e. The monoisotopic (exact) mass is 673 g/mol. The number of fused-ring (bicyclic) bond motifs is 2. The lowest BCUT2D eigenvalue weighted by Crippen LogP contribution is -2.06. The Morgan fingerprint density at radius 2 is 1.36 bits per heavy atom. The summed E-state index contributed by atoms with van der Waals surface area (Å²) in [4.78, 5) is 15.3. The van der Waals surface area contributed by atoms with E-state index in [1.54, 1.807) is 0 Å². The van der Waals surface area contributed by atoms with Crippen molar-refractivity contribution in [2.75, 3.05) is 13.3 Å². The van der Waals surface area contributed by atoms with Crippen molar-refractivity contribution >= 4 is 34.4 Å². The molecule has 0 amide bonds. The Kier molecular flexibility index (Phi) is 8.83. The Morgan fingerprint density at radius 1 is 0.640 bits per heavy atom. The van der Waals surface area contributed by atoms with Gasteiger partial charge in [-0.3, -0.25) is 0 Å². The molecule has 3 aliphatic carbocycles. The molecule has 0 saturated carbocycles. The molecule has 1 aromatic heterocycles. The molecular weight excluding hydrogens is 629 g/mol. The molecule has 3 aliphatic rings. The normalized spacial score (nSPS) is 16.1. The molecule has 0 unspecified atom stereocenters. The second kappa shape index (κ2) is 13.6. The number of hydrogen-bond donors (Lipinski definition) is 0. The van der Waals surface area contributed by atoms with Gasteiger partial charge in [-0.15, -0.1) is 0 Å². The Hall–Kier alpha value is -4.66. The van der Waals surface area contributed by atoms with Crippen LogP contribution in [0.3, 0.4) is 0 Å². The average Bonchev–Trinajstić information content (AvgIpc) is 3.39. The highest BCUT2D eigenvalue weighted by Gasteiger charge is 2.24. The number of rotatable bonds is 6. The van der Waals surface area contributed by atoms with Crippen LogP contribution in [0.15, 0.2) is 103 Å². The van der Waals surface area contributed by atoms with Crippen molar-refractivity contribution in [2.45, 2.75) is 64.7 Å². The second-order valence-electron chi connectivity index (χ2n) is 14.4. The van der Waals surface area contributed by atoms with Crippen molar-refractivity contribution < 1.29 is 4.57 Å². The van der Waals surface area contributed by atoms with Gasteiger partial charge in [-0.25, -0.2) is 15.0 Å². The van der Waals surface area contributed by atoms with Crippen molar-refractivity contribution in [3.05, 3.63) is 132 Å². The topological polar surface area (TPSA) is 55.7 Å². The van der Waals surface area contributed by atoms with Gasteiger partial charge in [-0.2, -0.15) is 0 Å². The molecule has 0 N–H and O–H groups in total. The first kappa shape index (κ1) is 32.5. The number of nitrogens with zero attached hydrogens (tertiary/aromatic N) is 3. The fourth-order valence-electron chi connectivity index (χ4n) is 7.94. The van der Waals surface area contributed by atoms with E-state index in [0.717, 1.165) is 78.0 Å². The molecule has 4 nitrogen and oxygen atoms in total. The van der Waals surface area contributed by atoms with Gasteiger partial charge in [0.2, 0.25) is 0 Å². The highest BCUT2D eigenvalue weighted by molar-refractivity contribution is 7.70. The van der Waals surface area contributed by atoms with Gasteiger partial charge in [0.05, 0.1) is 0 Å². The van der Waals surface area contributed by atoms with Crippen LogP contribution in [0.25, 0.3) is 55.6 Å². The predicted octanol–water partition coefficient (Wildman–Crippen LogP) is 11.3. The van der Waals surface area contributed by atoms with Crippen molar-refractivity contribution in [3.8, 4) is 33.6 Å². The number of allylic oxidation sites excluding steroid dienone is 8. The lowest BCUT2D eigenvalue weighted by molar-refractivity contribution is 0.588. The summed E-state index contributed by atoms with van der Waals surface area (Å²) < 4.78 is 13.2. The van der Waals surface area contributed by atoms with E-state index in [-0.39, 0.29) is 0 Å². The highest BCUT2D eigenvalue weighted by atomic mass is 31.2. The quantitative estimate of drug-likeness (QED) is 0.133. The molecular formula is C45H44N3OP. The summed E-state index contributed by atoms with van der Waals surface area (Å²) in [6.07, 6.45) is 22.7. The molecule has 4 aromatic carbocycles. The third kappa shape index (κ3) is 6.38. The Balaban J connectivity index is 1.35. The molecule has 250 valence electrons.